The Morgan fingerprint density at radius 2 is 2.00 bits per heavy atom. The fraction of sp³-hybridized carbons (Fsp3) is 0.300. The van der Waals surface area contributed by atoms with Crippen LogP contribution in [-0.4, -0.2) is 26.5 Å². The van der Waals surface area contributed by atoms with Gasteiger partial charge in [0.2, 0.25) is 0 Å². The third-order valence-electron chi connectivity index (χ3n) is 1.40. The first kappa shape index (κ1) is 10.7. The van der Waals surface area contributed by atoms with Gasteiger partial charge in [0, 0.05) is 7.11 Å². The summed E-state index contributed by atoms with van der Waals surface area (Å²) < 4.78 is 14.4. The molecule has 0 aliphatic heterocycles. The van der Waals surface area contributed by atoms with Crippen LogP contribution in [0.5, 0.6) is 5.75 Å². The monoisotopic (exact) mass is 196 g/mol. The summed E-state index contributed by atoms with van der Waals surface area (Å²) in [6, 6.07) is 8.83. The zero-order valence-corrected chi connectivity index (χ0v) is 7.93. The summed E-state index contributed by atoms with van der Waals surface area (Å²) in [5.74, 6) is 0.0757. The normalized spacial score (nSPS) is 9.79. The Bertz CT molecular complexity index is 271. The molecule has 0 aliphatic rings. The average Bonchev–Trinajstić information content (AvgIpc) is 2.20. The van der Waals surface area contributed by atoms with Crippen molar-refractivity contribution >= 4 is 5.97 Å². The molecule has 0 heterocycles. The molecule has 4 heteroatoms. The molecular formula is C10H12O4. The number of esters is 1. The fourth-order valence-electron chi connectivity index (χ4n) is 0.858. The predicted molar refractivity (Wildman–Crippen MR) is 49.9 cm³/mol. The van der Waals surface area contributed by atoms with Gasteiger partial charge in [-0.05, 0) is 12.1 Å². The van der Waals surface area contributed by atoms with E-state index in [-0.39, 0.29) is 13.4 Å². The molecule has 0 N–H and O–H groups in total. The minimum Gasteiger partial charge on any atom is -0.425 e. The van der Waals surface area contributed by atoms with Crippen LogP contribution in [0, 0.1) is 0 Å². The molecule has 4 nitrogen and oxygen atoms in total. The number of benzene rings is 1. The Balaban J connectivity index is 2.27. The van der Waals surface area contributed by atoms with Gasteiger partial charge in [0.1, 0.15) is 19.1 Å². The van der Waals surface area contributed by atoms with Gasteiger partial charge in [0.15, 0.2) is 0 Å². The molecule has 1 rings (SSSR count). The SMILES string of the molecule is COCOCC(=O)Oc1ccccc1. The van der Waals surface area contributed by atoms with E-state index >= 15 is 0 Å². The van der Waals surface area contributed by atoms with Crippen molar-refractivity contribution in [2.45, 2.75) is 0 Å². The highest BCUT2D eigenvalue weighted by molar-refractivity contribution is 5.73. The minimum absolute atomic E-state index is 0.0872. The van der Waals surface area contributed by atoms with Crippen LogP contribution in [0.1, 0.15) is 0 Å². The Kier molecular flexibility index (Phi) is 4.68. The molecule has 1 aromatic carbocycles. The smallest absolute Gasteiger partial charge is 0.337 e. The lowest BCUT2D eigenvalue weighted by atomic mass is 10.3. The van der Waals surface area contributed by atoms with E-state index in [0.29, 0.717) is 5.75 Å². The van der Waals surface area contributed by atoms with Crippen molar-refractivity contribution < 1.29 is 19.0 Å². The van der Waals surface area contributed by atoms with Crippen molar-refractivity contribution in [1.82, 2.24) is 0 Å². The summed E-state index contributed by atoms with van der Waals surface area (Å²) in [5.41, 5.74) is 0. The van der Waals surface area contributed by atoms with Gasteiger partial charge in [-0.15, -0.1) is 0 Å². The van der Waals surface area contributed by atoms with Crippen molar-refractivity contribution in [3.8, 4) is 5.75 Å². The molecule has 0 saturated heterocycles. The molecule has 0 unspecified atom stereocenters. The summed E-state index contributed by atoms with van der Waals surface area (Å²) in [6.07, 6.45) is 0. The largest absolute Gasteiger partial charge is 0.425 e. The number of methoxy groups -OCH3 is 1. The van der Waals surface area contributed by atoms with Gasteiger partial charge >= 0.3 is 5.97 Å². The number of carbonyl (C=O) groups is 1. The minimum atomic E-state index is -0.437. The number of ether oxygens (including phenoxy) is 3. The Morgan fingerprint density at radius 3 is 2.64 bits per heavy atom. The van der Waals surface area contributed by atoms with Gasteiger partial charge in [0.05, 0.1) is 0 Å². The van der Waals surface area contributed by atoms with Crippen LogP contribution in [-0.2, 0) is 14.3 Å². The predicted octanol–water partition coefficient (Wildman–Crippen LogP) is 1.21. The van der Waals surface area contributed by atoms with Crippen LogP contribution < -0.4 is 4.74 Å². The van der Waals surface area contributed by atoms with Crippen LogP contribution in [0.25, 0.3) is 0 Å². The number of hydrogen-bond acceptors (Lipinski definition) is 4. The molecule has 0 bridgehead atoms. The summed E-state index contributed by atoms with van der Waals surface area (Å²) in [6.45, 7) is -0.0212. The molecule has 0 fully saturated rings. The molecule has 0 saturated carbocycles. The van der Waals surface area contributed by atoms with Crippen LogP contribution in [0.4, 0.5) is 0 Å². The standard InChI is InChI=1S/C10H12O4/c1-12-8-13-7-10(11)14-9-5-3-2-4-6-9/h2-6H,7-8H2,1H3. The molecule has 0 spiro atoms. The average molecular weight is 196 g/mol. The Morgan fingerprint density at radius 1 is 1.29 bits per heavy atom. The molecule has 76 valence electrons. The molecule has 0 atom stereocenters. The molecule has 0 aromatic heterocycles. The fourth-order valence-corrected chi connectivity index (χ4v) is 0.858. The second-order valence-electron chi connectivity index (χ2n) is 2.54. The third-order valence-corrected chi connectivity index (χ3v) is 1.40. The first-order valence-corrected chi connectivity index (χ1v) is 4.15. The second-order valence-corrected chi connectivity index (χ2v) is 2.54. The van der Waals surface area contributed by atoms with Gasteiger partial charge in [-0.1, -0.05) is 18.2 Å². The van der Waals surface area contributed by atoms with E-state index < -0.39 is 5.97 Å². The van der Waals surface area contributed by atoms with Crippen molar-refractivity contribution in [1.29, 1.82) is 0 Å². The summed E-state index contributed by atoms with van der Waals surface area (Å²) in [7, 11) is 1.49. The highest BCUT2D eigenvalue weighted by Gasteiger charge is 2.03. The zero-order chi connectivity index (χ0) is 10.2. The number of carbonyl (C=O) groups excluding carboxylic acids is 1. The first-order chi connectivity index (χ1) is 6.83. The van der Waals surface area contributed by atoms with Crippen LogP contribution in [0.3, 0.4) is 0 Å². The summed E-state index contributed by atoms with van der Waals surface area (Å²) in [5, 5.41) is 0. The van der Waals surface area contributed by atoms with Gasteiger partial charge < -0.3 is 14.2 Å². The van der Waals surface area contributed by atoms with Gasteiger partial charge in [0.25, 0.3) is 0 Å². The van der Waals surface area contributed by atoms with E-state index in [9.17, 15) is 4.79 Å². The molecule has 1 aromatic rings. The van der Waals surface area contributed by atoms with E-state index in [0.717, 1.165) is 0 Å². The quantitative estimate of drug-likeness (QED) is 0.307. The lowest BCUT2D eigenvalue weighted by Crippen LogP contribution is -2.16. The maximum absolute atomic E-state index is 11.1. The van der Waals surface area contributed by atoms with Crippen molar-refractivity contribution in [2.75, 3.05) is 20.5 Å². The van der Waals surface area contributed by atoms with E-state index in [1.807, 2.05) is 6.07 Å². The van der Waals surface area contributed by atoms with Crippen LogP contribution >= 0.6 is 0 Å². The van der Waals surface area contributed by atoms with E-state index in [4.69, 9.17) is 9.47 Å². The van der Waals surface area contributed by atoms with E-state index in [2.05, 4.69) is 4.74 Å². The number of hydrogen-bond donors (Lipinski definition) is 0. The second kappa shape index (κ2) is 6.12. The molecule has 0 amide bonds. The number of rotatable bonds is 5. The third kappa shape index (κ3) is 4.02. The Labute approximate surface area is 82.4 Å². The van der Waals surface area contributed by atoms with Gasteiger partial charge in [-0.2, -0.15) is 0 Å². The topological polar surface area (TPSA) is 44.8 Å². The van der Waals surface area contributed by atoms with E-state index in [1.54, 1.807) is 24.3 Å². The van der Waals surface area contributed by atoms with Crippen molar-refractivity contribution in [3.05, 3.63) is 30.3 Å². The highest BCUT2D eigenvalue weighted by atomic mass is 16.7. The van der Waals surface area contributed by atoms with Crippen molar-refractivity contribution in [3.63, 3.8) is 0 Å². The first-order valence-electron chi connectivity index (χ1n) is 4.15. The molecule has 14 heavy (non-hydrogen) atoms. The maximum atomic E-state index is 11.1. The van der Waals surface area contributed by atoms with E-state index in [1.165, 1.54) is 7.11 Å². The number of para-hydroxylation sites is 1. The Hall–Kier alpha value is -1.39. The summed E-state index contributed by atoms with van der Waals surface area (Å²) in [4.78, 5) is 11.1. The van der Waals surface area contributed by atoms with Gasteiger partial charge in [-0.25, -0.2) is 4.79 Å². The van der Waals surface area contributed by atoms with Crippen LogP contribution in [0.2, 0.25) is 0 Å². The zero-order valence-electron chi connectivity index (χ0n) is 7.93. The van der Waals surface area contributed by atoms with Crippen molar-refractivity contribution in [2.24, 2.45) is 0 Å². The highest BCUT2D eigenvalue weighted by Crippen LogP contribution is 2.08. The molecular weight excluding hydrogens is 184 g/mol. The molecule has 0 aliphatic carbocycles. The maximum Gasteiger partial charge on any atom is 0.337 e. The molecule has 0 radical (unpaired) electrons. The van der Waals surface area contributed by atoms with Gasteiger partial charge in [-0.3, -0.25) is 0 Å². The lowest BCUT2D eigenvalue weighted by molar-refractivity contribution is -0.144. The lowest BCUT2D eigenvalue weighted by Gasteiger charge is -2.03. The summed E-state index contributed by atoms with van der Waals surface area (Å²) >= 11 is 0. The van der Waals surface area contributed by atoms with Crippen LogP contribution in [0.15, 0.2) is 30.3 Å².